The Labute approximate surface area is 259 Å². The van der Waals surface area contributed by atoms with E-state index in [-0.39, 0.29) is 18.2 Å². The maximum atomic E-state index is 13.1. The van der Waals surface area contributed by atoms with E-state index in [1.807, 2.05) is 54.6 Å². The molecule has 0 bridgehead atoms. The highest BCUT2D eigenvalue weighted by atomic mass is 32.2. The fourth-order valence-corrected chi connectivity index (χ4v) is 7.10. The number of fused-ring (bicyclic) bond motifs is 6. The van der Waals surface area contributed by atoms with Gasteiger partial charge in [-0.05, 0) is 23.1 Å². The minimum atomic E-state index is -1.46. The molecule has 1 aromatic heterocycles. The summed E-state index contributed by atoms with van der Waals surface area (Å²) >= 11 is -1.46. The Hall–Kier alpha value is -4.59. The smallest absolute Gasteiger partial charge is 0.410 e. The summed E-state index contributed by atoms with van der Waals surface area (Å²) in [5.41, 5.74) is 5.54. The van der Waals surface area contributed by atoms with Crippen LogP contribution in [0.5, 0.6) is 5.88 Å². The highest BCUT2D eigenvalue weighted by Gasteiger charge is 2.49. The fourth-order valence-electron chi connectivity index (χ4n) is 6.68. The lowest BCUT2D eigenvalue weighted by Crippen LogP contribution is -2.55. The summed E-state index contributed by atoms with van der Waals surface area (Å²) in [5, 5.41) is 9.83. The summed E-state index contributed by atoms with van der Waals surface area (Å²) in [6.45, 7) is 1.37. The van der Waals surface area contributed by atoms with E-state index in [1.165, 1.54) is 0 Å². The van der Waals surface area contributed by atoms with Crippen LogP contribution >= 0.6 is 0 Å². The number of piperazine rings is 1. The van der Waals surface area contributed by atoms with Gasteiger partial charge < -0.3 is 23.8 Å². The average molecular weight is 606 g/mol. The number of benzene rings is 3. The topological polar surface area (TPSA) is 115 Å². The molecule has 3 aromatic carbocycles. The first kappa shape index (κ1) is 28.2. The van der Waals surface area contributed by atoms with Crippen molar-refractivity contribution in [1.82, 2.24) is 14.9 Å². The van der Waals surface area contributed by atoms with Gasteiger partial charge in [0.05, 0.1) is 24.1 Å². The van der Waals surface area contributed by atoms with Crippen molar-refractivity contribution in [1.29, 1.82) is 5.26 Å². The van der Waals surface area contributed by atoms with Crippen LogP contribution < -0.4 is 9.64 Å². The van der Waals surface area contributed by atoms with Gasteiger partial charge in [0.15, 0.2) is 5.60 Å². The van der Waals surface area contributed by atoms with Crippen molar-refractivity contribution in [2.75, 3.05) is 30.8 Å². The molecule has 222 valence electrons. The van der Waals surface area contributed by atoms with Gasteiger partial charge in [-0.2, -0.15) is 10.2 Å². The van der Waals surface area contributed by atoms with Crippen molar-refractivity contribution in [3.8, 4) is 23.1 Å². The number of ether oxygens (including phenoxy) is 2. The molecular formula is C34H31N5O4S. The number of nitriles is 1. The SMILES string of the molecule is C[S+]([O-])c1nc2c(c(N3CCN(C(=O)OCc4ccccc4)[C@@H](CC#N)C3)n1)CCC1(O2)c2ccccc2-c2ccccc21. The number of anilines is 1. The molecule has 9 nitrogen and oxygen atoms in total. The van der Waals surface area contributed by atoms with Crippen LogP contribution in [0.15, 0.2) is 84.0 Å². The predicted molar refractivity (Wildman–Crippen MR) is 166 cm³/mol. The summed E-state index contributed by atoms with van der Waals surface area (Å²) in [7, 11) is 0. The first-order valence-corrected chi connectivity index (χ1v) is 16.3. The summed E-state index contributed by atoms with van der Waals surface area (Å²) in [5.74, 6) is 1.08. The molecule has 2 aliphatic heterocycles. The molecule has 1 fully saturated rings. The van der Waals surface area contributed by atoms with E-state index in [9.17, 15) is 14.6 Å². The van der Waals surface area contributed by atoms with Crippen LogP contribution in [0.1, 0.15) is 35.1 Å². The minimum Gasteiger partial charge on any atom is -0.609 e. The van der Waals surface area contributed by atoms with Gasteiger partial charge in [0.25, 0.3) is 0 Å². The lowest BCUT2D eigenvalue weighted by atomic mass is 9.83. The van der Waals surface area contributed by atoms with Crippen molar-refractivity contribution in [3.05, 3.63) is 101 Å². The van der Waals surface area contributed by atoms with Gasteiger partial charge in [0.2, 0.25) is 5.88 Å². The molecular weight excluding hydrogens is 574 g/mol. The third-order valence-electron chi connectivity index (χ3n) is 8.75. The third-order valence-corrected chi connectivity index (χ3v) is 9.44. The molecule has 0 N–H and O–H groups in total. The number of rotatable bonds is 5. The molecule has 3 heterocycles. The molecule has 1 amide bonds. The normalized spacial score (nSPS) is 18.4. The molecule has 10 heteroatoms. The minimum absolute atomic E-state index is 0.143. The van der Waals surface area contributed by atoms with Gasteiger partial charge in [0, 0.05) is 48.4 Å². The van der Waals surface area contributed by atoms with Gasteiger partial charge in [-0.3, -0.25) is 0 Å². The zero-order valence-electron chi connectivity index (χ0n) is 24.3. The van der Waals surface area contributed by atoms with Gasteiger partial charge in [-0.15, -0.1) is 4.98 Å². The summed E-state index contributed by atoms with van der Waals surface area (Å²) in [6, 6.07) is 28.0. The van der Waals surface area contributed by atoms with Crippen LogP contribution in [0.2, 0.25) is 0 Å². The Morgan fingerprint density at radius 1 is 1.05 bits per heavy atom. The Morgan fingerprint density at radius 3 is 2.41 bits per heavy atom. The van der Waals surface area contributed by atoms with E-state index < -0.39 is 28.9 Å². The molecule has 2 atom stereocenters. The van der Waals surface area contributed by atoms with Crippen LogP contribution in [-0.4, -0.2) is 57.4 Å². The van der Waals surface area contributed by atoms with Crippen molar-refractivity contribution in [3.63, 3.8) is 0 Å². The Balaban J connectivity index is 1.19. The second-order valence-electron chi connectivity index (χ2n) is 11.3. The van der Waals surface area contributed by atoms with Crippen LogP contribution in [0.3, 0.4) is 0 Å². The number of aromatic nitrogens is 2. The van der Waals surface area contributed by atoms with Crippen LogP contribution in [0.4, 0.5) is 10.6 Å². The molecule has 1 aliphatic carbocycles. The quantitative estimate of drug-likeness (QED) is 0.225. The van der Waals surface area contributed by atoms with Gasteiger partial charge in [0.1, 0.15) is 18.7 Å². The molecule has 0 saturated carbocycles. The van der Waals surface area contributed by atoms with E-state index in [0.717, 1.165) is 33.4 Å². The van der Waals surface area contributed by atoms with E-state index in [0.29, 0.717) is 44.2 Å². The zero-order chi connectivity index (χ0) is 30.3. The number of hydrogen-bond acceptors (Lipinski definition) is 8. The molecule has 3 aliphatic rings. The van der Waals surface area contributed by atoms with Crippen molar-refractivity contribution in [2.24, 2.45) is 0 Å². The molecule has 1 unspecified atom stereocenters. The first-order chi connectivity index (χ1) is 21.5. The van der Waals surface area contributed by atoms with Gasteiger partial charge in [-0.1, -0.05) is 78.9 Å². The predicted octanol–water partition coefficient (Wildman–Crippen LogP) is 5.20. The average Bonchev–Trinajstić information content (AvgIpc) is 3.32. The number of hydrogen-bond donors (Lipinski definition) is 0. The maximum absolute atomic E-state index is 13.1. The first-order valence-electron chi connectivity index (χ1n) is 14.7. The largest absolute Gasteiger partial charge is 0.609 e. The van der Waals surface area contributed by atoms with E-state index >= 15 is 0 Å². The lowest BCUT2D eigenvalue weighted by molar-refractivity contribution is 0.0755. The van der Waals surface area contributed by atoms with E-state index in [1.54, 1.807) is 11.2 Å². The van der Waals surface area contributed by atoms with Crippen LogP contribution in [0.25, 0.3) is 11.1 Å². The van der Waals surface area contributed by atoms with Crippen molar-refractivity contribution >= 4 is 23.1 Å². The zero-order valence-corrected chi connectivity index (χ0v) is 25.1. The summed E-state index contributed by atoms with van der Waals surface area (Å²) in [6.07, 6.45) is 2.59. The van der Waals surface area contributed by atoms with Crippen molar-refractivity contribution in [2.45, 2.75) is 42.7 Å². The number of carbonyl (C=O) groups excluding carboxylic acids is 1. The van der Waals surface area contributed by atoms with Gasteiger partial charge in [-0.25, -0.2) is 4.79 Å². The molecule has 1 saturated heterocycles. The van der Waals surface area contributed by atoms with Crippen LogP contribution in [-0.2, 0) is 34.5 Å². The molecule has 0 radical (unpaired) electrons. The Morgan fingerprint density at radius 2 is 1.73 bits per heavy atom. The fraction of sp³-hybridized carbons (Fsp3) is 0.294. The maximum Gasteiger partial charge on any atom is 0.410 e. The Bertz CT molecular complexity index is 1710. The molecule has 7 rings (SSSR count). The molecule has 44 heavy (non-hydrogen) atoms. The third kappa shape index (κ3) is 4.82. The van der Waals surface area contributed by atoms with Gasteiger partial charge >= 0.3 is 11.2 Å². The van der Waals surface area contributed by atoms with Crippen molar-refractivity contribution < 1.29 is 18.8 Å². The Kier molecular flexibility index (Phi) is 7.36. The molecule has 4 aromatic rings. The second-order valence-corrected chi connectivity index (χ2v) is 12.6. The molecule has 1 spiro atoms. The highest BCUT2D eigenvalue weighted by molar-refractivity contribution is 7.90. The summed E-state index contributed by atoms with van der Waals surface area (Å²) in [4.78, 5) is 26.3. The number of carbonyl (C=O) groups is 1. The summed E-state index contributed by atoms with van der Waals surface area (Å²) < 4.78 is 25.3. The number of nitrogens with zero attached hydrogens (tertiary/aromatic N) is 5. The van der Waals surface area contributed by atoms with Crippen LogP contribution in [0, 0.1) is 11.3 Å². The van der Waals surface area contributed by atoms with E-state index in [2.05, 4.69) is 40.2 Å². The van der Waals surface area contributed by atoms with E-state index in [4.69, 9.17) is 14.5 Å². The number of amides is 1. The second kappa shape index (κ2) is 11.5. The monoisotopic (exact) mass is 605 g/mol. The lowest BCUT2D eigenvalue weighted by Gasteiger charge is -2.42. The highest BCUT2D eigenvalue weighted by Crippen LogP contribution is 2.54. The standard InChI is InChI=1S/C34H31N5O4S/c1-44(41)32-36-30(38-19-20-39(24(21-38)16-18-35)33(40)42-22-23-9-3-2-4-10-23)27-15-17-34(43-31(27)37-32)28-13-7-5-11-25(28)26-12-6-8-14-29(26)34/h2-14,24H,15-17,19-22H2,1H3/t24-,44?/m0/s1.